The van der Waals surface area contributed by atoms with Crippen molar-refractivity contribution in [1.82, 2.24) is 0 Å². The summed E-state index contributed by atoms with van der Waals surface area (Å²) >= 11 is 0. The maximum Gasteiger partial charge on any atom is 0.161 e. The summed E-state index contributed by atoms with van der Waals surface area (Å²) < 4.78 is 5.51. The molecule has 2 aromatic rings. The van der Waals surface area contributed by atoms with Crippen molar-refractivity contribution in [2.75, 3.05) is 55.0 Å². The predicted octanol–water partition coefficient (Wildman–Crippen LogP) is 4.47. The average Bonchev–Trinajstić information content (AvgIpc) is 2.72. The van der Waals surface area contributed by atoms with Crippen LogP contribution in [0.5, 0.6) is 5.75 Å². The number of nitrogens with one attached hydrogen (secondary N) is 1. The Bertz CT molecular complexity index is 789. The first-order chi connectivity index (χ1) is 13.2. The number of carbonyl (C=O) groups excluding carboxylic acids is 1. The number of piperazine rings is 1. The molecule has 0 bridgehead atoms. The molecule has 1 aliphatic rings. The van der Waals surface area contributed by atoms with Gasteiger partial charge in [0.05, 0.1) is 24.2 Å². The van der Waals surface area contributed by atoms with Gasteiger partial charge in [-0.25, -0.2) is 0 Å². The minimum Gasteiger partial charge on any atom is -0.495 e. The van der Waals surface area contributed by atoms with Crippen molar-refractivity contribution in [2.45, 2.75) is 20.3 Å². The summed E-state index contributed by atoms with van der Waals surface area (Å²) in [6.07, 6.45) is 1.05. The Hall–Kier alpha value is -2.40. The summed E-state index contributed by atoms with van der Waals surface area (Å²) in [5, 5.41) is 3.49. The number of carbonyl (C=O) groups is 1. The lowest BCUT2D eigenvalue weighted by atomic mass is 10.1. The average molecular weight is 404 g/mol. The summed E-state index contributed by atoms with van der Waals surface area (Å²) in [5.41, 5.74) is 4.01. The second-order valence-corrected chi connectivity index (χ2v) is 6.83. The van der Waals surface area contributed by atoms with Gasteiger partial charge >= 0.3 is 0 Å². The predicted molar refractivity (Wildman–Crippen MR) is 120 cm³/mol. The highest BCUT2D eigenvalue weighted by atomic mass is 35.5. The molecular formula is C22H30ClN3O2. The first-order valence-electron chi connectivity index (χ1n) is 9.66. The standard InChI is InChI=1S/C22H29N3O2.ClH/c1-4-12-23-19-9-7-8-18(17(2)26)22(19)25-15-13-24(14-16-25)20-10-5-6-11-21(20)27-3;/h5-11,23H,4,12-16H2,1-3H3;1H. The number of rotatable bonds is 7. The van der Waals surface area contributed by atoms with Crippen molar-refractivity contribution < 1.29 is 9.53 Å². The Balaban J connectivity index is 0.00000280. The quantitative estimate of drug-likeness (QED) is 0.691. The zero-order chi connectivity index (χ0) is 19.2. The number of methoxy groups -OCH3 is 1. The molecule has 0 aromatic heterocycles. The molecule has 3 rings (SSSR count). The van der Waals surface area contributed by atoms with E-state index in [1.165, 1.54) is 0 Å². The fraction of sp³-hybridized carbons (Fsp3) is 0.409. The Labute approximate surface area is 174 Å². The fourth-order valence-corrected chi connectivity index (χ4v) is 3.63. The summed E-state index contributed by atoms with van der Waals surface area (Å²) in [6.45, 7) is 8.20. The molecule has 0 amide bonds. The van der Waals surface area contributed by atoms with Crippen molar-refractivity contribution in [1.29, 1.82) is 0 Å². The fourth-order valence-electron chi connectivity index (χ4n) is 3.63. The van der Waals surface area contributed by atoms with E-state index in [1.54, 1.807) is 14.0 Å². The highest BCUT2D eigenvalue weighted by molar-refractivity contribution is 6.02. The summed E-state index contributed by atoms with van der Waals surface area (Å²) in [6, 6.07) is 14.1. The molecule has 1 aliphatic heterocycles. The number of hydrogen-bond donors (Lipinski definition) is 1. The maximum absolute atomic E-state index is 12.2. The van der Waals surface area contributed by atoms with Crippen LogP contribution in [0.15, 0.2) is 42.5 Å². The van der Waals surface area contributed by atoms with E-state index >= 15 is 0 Å². The molecule has 1 saturated heterocycles. The first kappa shape index (κ1) is 21.9. The van der Waals surface area contributed by atoms with Crippen LogP contribution in [0.2, 0.25) is 0 Å². The number of halogens is 1. The zero-order valence-electron chi connectivity index (χ0n) is 16.9. The van der Waals surface area contributed by atoms with Crippen LogP contribution in [-0.2, 0) is 0 Å². The van der Waals surface area contributed by atoms with Crippen LogP contribution in [-0.4, -0.2) is 45.6 Å². The highest BCUT2D eigenvalue weighted by Gasteiger charge is 2.24. The van der Waals surface area contributed by atoms with Crippen molar-refractivity contribution >= 4 is 35.3 Å². The summed E-state index contributed by atoms with van der Waals surface area (Å²) in [4.78, 5) is 16.9. The molecule has 1 heterocycles. The van der Waals surface area contributed by atoms with Crippen LogP contribution in [0.1, 0.15) is 30.6 Å². The smallest absolute Gasteiger partial charge is 0.161 e. The molecule has 28 heavy (non-hydrogen) atoms. The number of anilines is 3. The van der Waals surface area contributed by atoms with E-state index in [0.717, 1.165) is 67.5 Å². The molecule has 5 nitrogen and oxygen atoms in total. The molecule has 1 N–H and O–H groups in total. The van der Waals surface area contributed by atoms with Gasteiger partial charge in [0.2, 0.25) is 0 Å². The number of benzene rings is 2. The van der Waals surface area contributed by atoms with Crippen LogP contribution >= 0.6 is 12.4 Å². The van der Waals surface area contributed by atoms with Crippen molar-refractivity contribution in [3.05, 3.63) is 48.0 Å². The zero-order valence-corrected chi connectivity index (χ0v) is 17.7. The molecule has 0 atom stereocenters. The van der Waals surface area contributed by atoms with E-state index < -0.39 is 0 Å². The number of nitrogens with zero attached hydrogens (tertiary/aromatic N) is 2. The third kappa shape index (κ3) is 4.71. The number of hydrogen-bond acceptors (Lipinski definition) is 5. The van der Waals surface area contributed by atoms with Gasteiger partial charge in [-0.3, -0.25) is 4.79 Å². The van der Waals surface area contributed by atoms with E-state index in [0.29, 0.717) is 0 Å². The monoisotopic (exact) mass is 403 g/mol. The molecule has 152 valence electrons. The molecule has 0 radical (unpaired) electrons. The van der Waals surface area contributed by atoms with E-state index in [4.69, 9.17) is 4.74 Å². The first-order valence-corrected chi connectivity index (χ1v) is 9.66. The second kappa shape index (κ2) is 10.2. The largest absolute Gasteiger partial charge is 0.495 e. The molecule has 2 aromatic carbocycles. The van der Waals surface area contributed by atoms with Crippen molar-refractivity contribution in [3.8, 4) is 5.75 Å². The van der Waals surface area contributed by atoms with Crippen LogP contribution in [0.3, 0.4) is 0 Å². The van der Waals surface area contributed by atoms with Crippen molar-refractivity contribution in [2.24, 2.45) is 0 Å². The third-order valence-electron chi connectivity index (χ3n) is 5.00. The van der Waals surface area contributed by atoms with E-state index in [-0.39, 0.29) is 18.2 Å². The lowest BCUT2D eigenvalue weighted by Gasteiger charge is -2.39. The van der Waals surface area contributed by atoms with Gasteiger partial charge in [0.1, 0.15) is 5.75 Å². The van der Waals surface area contributed by atoms with Gasteiger partial charge in [0, 0.05) is 38.3 Å². The van der Waals surface area contributed by atoms with Gasteiger partial charge in [-0.15, -0.1) is 12.4 Å². The number of ketones is 1. The minimum atomic E-state index is 0. The number of Topliss-reactive ketones (excluding diaryl/α,β-unsaturated/α-hetero) is 1. The Kier molecular flexibility index (Phi) is 8.00. The molecule has 0 spiro atoms. The second-order valence-electron chi connectivity index (χ2n) is 6.83. The van der Waals surface area contributed by atoms with Gasteiger partial charge in [-0.2, -0.15) is 0 Å². The molecule has 6 heteroatoms. The van der Waals surface area contributed by atoms with Gasteiger partial charge < -0.3 is 19.9 Å². The topological polar surface area (TPSA) is 44.8 Å². The number of ether oxygens (including phenoxy) is 1. The summed E-state index contributed by atoms with van der Waals surface area (Å²) in [7, 11) is 1.71. The van der Waals surface area contributed by atoms with Crippen LogP contribution in [0, 0.1) is 0 Å². The lowest BCUT2D eigenvalue weighted by molar-refractivity contribution is 0.101. The van der Waals surface area contributed by atoms with Gasteiger partial charge in [0.15, 0.2) is 5.78 Å². The molecule has 0 saturated carbocycles. The number of para-hydroxylation sites is 3. The third-order valence-corrected chi connectivity index (χ3v) is 5.00. The lowest BCUT2D eigenvalue weighted by Crippen LogP contribution is -2.47. The van der Waals surface area contributed by atoms with Gasteiger partial charge in [-0.05, 0) is 37.6 Å². The Morgan fingerprint density at radius 1 is 1.04 bits per heavy atom. The molecule has 0 unspecified atom stereocenters. The van der Waals surface area contributed by atoms with E-state index in [1.807, 2.05) is 30.3 Å². The van der Waals surface area contributed by atoms with Crippen LogP contribution in [0.25, 0.3) is 0 Å². The van der Waals surface area contributed by atoms with Crippen LogP contribution in [0.4, 0.5) is 17.1 Å². The van der Waals surface area contributed by atoms with E-state index in [9.17, 15) is 4.79 Å². The normalized spacial score (nSPS) is 13.7. The molecule has 0 aliphatic carbocycles. The maximum atomic E-state index is 12.2. The molecule has 1 fully saturated rings. The van der Waals surface area contributed by atoms with Crippen LogP contribution < -0.4 is 19.9 Å². The van der Waals surface area contributed by atoms with Crippen molar-refractivity contribution in [3.63, 3.8) is 0 Å². The highest BCUT2D eigenvalue weighted by Crippen LogP contribution is 2.34. The SMILES string of the molecule is CCCNc1cccc(C(C)=O)c1N1CCN(c2ccccc2OC)CC1.Cl. The van der Waals surface area contributed by atoms with Gasteiger partial charge in [0.25, 0.3) is 0 Å². The molecular weight excluding hydrogens is 374 g/mol. The minimum absolute atomic E-state index is 0. The van der Waals surface area contributed by atoms with Gasteiger partial charge in [-0.1, -0.05) is 25.1 Å². The Morgan fingerprint density at radius 3 is 2.36 bits per heavy atom. The summed E-state index contributed by atoms with van der Waals surface area (Å²) in [5.74, 6) is 1.01. The Morgan fingerprint density at radius 2 is 1.71 bits per heavy atom. The van der Waals surface area contributed by atoms with E-state index in [2.05, 4.69) is 34.2 Å².